The standard InChI is InChI=1S/C17H18N8/c18-14-7-22-15(8-20-14)24-5-1-2-11(10-24)13-6-21-16-9-23-17-12(25(13)16)3-4-19-17/h3-4,6-9,11,19H,1-2,5,10H2,(H2,18,20)/t11-/m0/s1. The lowest BCUT2D eigenvalue weighted by atomic mass is 9.95. The van der Waals surface area contributed by atoms with Crippen molar-refractivity contribution in [3.05, 3.63) is 42.7 Å². The van der Waals surface area contributed by atoms with Crippen LogP contribution in [0.3, 0.4) is 0 Å². The summed E-state index contributed by atoms with van der Waals surface area (Å²) in [5.74, 6) is 1.70. The third-order valence-electron chi connectivity index (χ3n) is 4.89. The van der Waals surface area contributed by atoms with E-state index in [4.69, 9.17) is 5.73 Å². The number of hydrogen-bond donors (Lipinski definition) is 2. The highest BCUT2D eigenvalue weighted by Crippen LogP contribution is 2.30. The monoisotopic (exact) mass is 334 g/mol. The number of nitrogen functional groups attached to an aromatic ring is 1. The van der Waals surface area contributed by atoms with Crippen molar-refractivity contribution < 1.29 is 0 Å². The fourth-order valence-electron chi connectivity index (χ4n) is 3.70. The van der Waals surface area contributed by atoms with Gasteiger partial charge in [0.25, 0.3) is 0 Å². The smallest absolute Gasteiger partial charge is 0.156 e. The van der Waals surface area contributed by atoms with E-state index >= 15 is 0 Å². The average molecular weight is 334 g/mol. The van der Waals surface area contributed by atoms with E-state index in [-0.39, 0.29) is 0 Å². The lowest BCUT2D eigenvalue weighted by Gasteiger charge is -2.33. The molecule has 1 saturated heterocycles. The maximum absolute atomic E-state index is 5.65. The first-order chi connectivity index (χ1) is 12.3. The van der Waals surface area contributed by atoms with Gasteiger partial charge in [0.2, 0.25) is 0 Å². The maximum atomic E-state index is 5.65. The topological polar surface area (TPSA) is 101 Å². The van der Waals surface area contributed by atoms with Crippen molar-refractivity contribution in [2.24, 2.45) is 0 Å². The molecule has 0 bridgehead atoms. The molecule has 8 heteroatoms. The summed E-state index contributed by atoms with van der Waals surface area (Å²) in [6, 6.07) is 2.05. The van der Waals surface area contributed by atoms with E-state index in [0.29, 0.717) is 11.7 Å². The zero-order chi connectivity index (χ0) is 16.8. The van der Waals surface area contributed by atoms with Gasteiger partial charge in [0.1, 0.15) is 11.6 Å². The summed E-state index contributed by atoms with van der Waals surface area (Å²) in [7, 11) is 0. The van der Waals surface area contributed by atoms with Gasteiger partial charge in [-0.1, -0.05) is 0 Å². The van der Waals surface area contributed by atoms with E-state index < -0.39 is 0 Å². The van der Waals surface area contributed by atoms with Gasteiger partial charge in [-0.25, -0.2) is 19.9 Å². The molecule has 126 valence electrons. The molecule has 1 fully saturated rings. The van der Waals surface area contributed by atoms with Gasteiger partial charge >= 0.3 is 0 Å². The van der Waals surface area contributed by atoms with Crippen molar-refractivity contribution >= 4 is 28.4 Å². The predicted molar refractivity (Wildman–Crippen MR) is 95.5 cm³/mol. The summed E-state index contributed by atoms with van der Waals surface area (Å²) in [5, 5.41) is 0. The van der Waals surface area contributed by atoms with Crippen LogP contribution in [0.25, 0.3) is 16.8 Å². The van der Waals surface area contributed by atoms with E-state index in [9.17, 15) is 0 Å². The second-order valence-corrected chi connectivity index (χ2v) is 6.43. The minimum absolute atomic E-state index is 0.378. The first kappa shape index (κ1) is 14.2. The molecule has 8 nitrogen and oxygen atoms in total. The second-order valence-electron chi connectivity index (χ2n) is 6.43. The SMILES string of the molecule is Nc1cnc(N2CCC[C@H](c3cnc4cnc5[nH]ccc5n34)C2)cn1. The van der Waals surface area contributed by atoms with Gasteiger partial charge in [-0.3, -0.25) is 4.40 Å². The highest BCUT2D eigenvalue weighted by atomic mass is 15.2. The Morgan fingerprint density at radius 3 is 2.92 bits per heavy atom. The van der Waals surface area contributed by atoms with Crippen LogP contribution in [0.2, 0.25) is 0 Å². The van der Waals surface area contributed by atoms with Crippen LogP contribution in [0.15, 0.2) is 37.1 Å². The van der Waals surface area contributed by atoms with Crippen molar-refractivity contribution in [1.29, 1.82) is 0 Å². The molecule has 1 atom stereocenters. The van der Waals surface area contributed by atoms with Crippen LogP contribution in [0.5, 0.6) is 0 Å². The predicted octanol–water partition coefficient (Wildman–Crippen LogP) is 1.97. The number of hydrogen-bond acceptors (Lipinski definition) is 6. The molecule has 0 aliphatic carbocycles. The molecular formula is C17H18N8. The molecule has 25 heavy (non-hydrogen) atoms. The third-order valence-corrected chi connectivity index (χ3v) is 4.89. The summed E-state index contributed by atoms with van der Waals surface area (Å²) in [5.41, 5.74) is 9.69. The van der Waals surface area contributed by atoms with Crippen LogP contribution in [0, 0.1) is 0 Å². The van der Waals surface area contributed by atoms with E-state index in [0.717, 1.165) is 48.6 Å². The number of fused-ring (bicyclic) bond motifs is 3. The molecule has 0 amide bonds. The third kappa shape index (κ3) is 2.29. The number of aromatic nitrogens is 6. The Hall–Kier alpha value is -3.16. The van der Waals surface area contributed by atoms with Gasteiger partial charge in [0.15, 0.2) is 11.3 Å². The normalized spacial score (nSPS) is 18.2. The lowest BCUT2D eigenvalue weighted by molar-refractivity contribution is 0.497. The molecule has 1 aliphatic heterocycles. The van der Waals surface area contributed by atoms with Gasteiger partial charge in [-0.15, -0.1) is 0 Å². The maximum Gasteiger partial charge on any atom is 0.156 e. The van der Waals surface area contributed by atoms with Crippen molar-refractivity contribution in [2.75, 3.05) is 23.7 Å². The molecule has 0 saturated carbocycles. The van der Waals surface area contributed by atoms with Gasteiger partial charge < -0.3 is 15.6 Å². The number of nitrogens with zero attached hydrogens (tertiary/aromatic N) is 6. The highest BCUT2D eigenvalue weighted by Gasteiger charge is 2.25. The van der Waals surface area contributed by atoms with E-state index in [2.05, 4.69) is 34.2 Å². The number of nitrogens with two attached hydrogens (primary N) is 1. The molecule has 0 unspecified atom stereocenters. The number of anilines is 2. The Morgan fingerprint density at radius 1 is 1.08 bits per heavy atom. The van der Waals surface area contributed by atoms with Gasteiger partial charge in [0, 0.05) is 37.1 Å². The number of rotatable bonds is 2. The highest BCUT2D eigenvalue weighted by molar-refractivity contribution is 5.74. The molecular weight excluding hydrogens is 316 g/mol. The van der Waals surface area contributed by atoms with Crippen LogP contribution in [0.4, 0.5) is 11.6 Å². The Kier molecular flexibility index (Phi) is 3.09. The Bertz CT molecular complexity index is 1030. The van der Waals surface area contributed by atoms with E-state index in [1.165, 1.54) is 5.69 Å². The van der Waals surface area contributed by atoms with Crippen molar-refractivity contribution in [2.45, 2.75) is 18.8 Å². The largest absolute Gasteiger partial charge is 0.382 e. The Labute approximate surface area is 143 Å². The Balaban J connectivity index is 1.53. The van der Waals surface area contributed by atoms with Crippen LogP contribution in [-0.4, -0.2) is 42.4 Å². The first-order valence-corrected chi connectivity index (χ1v) is 8.41. The molecule has 0 spiro atoms. The fraction of sp³-hybridized carbons (Fsp3) is 0.294. The second kappa shape index (κ2) is 5.44. The molecule has 3 N–H and O–H groups in total. The van der Waals surface area contributed by atoms with Gasteiger partial charge in [-0.2, -0.15) is 0 Å². The molecule has 5 heterocycles. The van der Waals surface area contributed by atoms with Crippen molar-refractivity contribution in [1.82, 2.24) is 29.3 Å². The summed E-state index contributed by atoms with van der Waals surface area (Å²) < 4.78 is 2.21. The van der Waals surface area contributed by atoms with Gasteiger partial charge in [0.05, 0.1) is 24.1 Å². The van der Waals surface area contributed by atoms with Crippen LogP contribution >= 0.6 is 0 Å². The average Bonchev–Trinajstić information content (AvgIpc) is 3.28. The number of aromatic amines is 1. The lowest BCUT2D eigenvalue weighted by Crippen LogP contribution is -2.35. The number of H-pyrrole nitrogens is 1. The minimum Gasteiger partial charge on any atom is -0.382 e. The molecule has 4 aromatic heterocycles. The summed E-state index contributed by atoms with van der Waals surface area (Å²) in [4.78, 5) is 23.0. The van der Waals surface area contributed by atoms with Crippen LogP contribution in [-0.2, 0) is 0 Å². The zero-order valence-corrected chi connectivity index (χ0v) is 13.6. The molecule has 4 aromatic rings. The summed E-state index contributed by atoms with van der Waals surface area (Å²) >= 11 is 0. The van der Waals surface area contributed by atoms with Crippen LogP contribution in [0.1, 0.15) is 24.5 Å². The van der Waals surface area contributed by atoms with Crippen molar-refractivity contribution in [3.8, 4) is 0 Å². The molecule has 0 aromatic carbocycles. The number of piperidine rings is 1. The first-order valence-electron chi connectivity index (χ1n) is 8.41. The van der Waals surface area contributed by atoms with Gasteiger partial charge in [-0.05, 0) is 18.9 Å². The fourth-order valence-corrected chi connectivity index (χ4v) is 3.70. The summed E-state index contributed by atoms with van der Waals surface area (Å²) in [6.07, 6.45) is 11.3. The molecule has 5 rings (SSSR count). The van der Waals surface area contributed by atoms with Crippen molar-refractivity contribution in [3.63, 3.8) is 0 Å². The van der Waals surface area contributed by atoms with E-state index in [1.54, 1.807) is 12.4 Å². The minimum atomic E-state index is 0.378. The molecule has 0 radical (unpaired) electrons. The Morgan fingerprint density at radius 2 is 2.04 bits per heavy atom. The summed E-state index contributed by atoms with van der Waals surface area (Å²) in [6.45, 7) is 1.87. The number of imidazole rings is 1. The van der Waals surface area contributed by atoms with Crippen LogP contribution < -0.4 is 10.6 Å². The molecule has 1 aliphatic rings. The van der Waals surface area contributed by atoms with E-state index in [1.807, 2.05) is 24.7 Å². The zero-order valence-electron chi connectivity index (χ0n) is 13.6. The quantitative estimate of drug-likeness (QED) is 0.581. The number of nitrogens with one attached hydrogen (secondary N) is 1.